The molecule has 0 amide bonds. The molecule has 8 heteroatoms. The maximum absolute atomic E-state index is 6.05. The molecule has 0 spiro atoms. The van der Waals surface area contributed by atoms with Crippen molar-refractivity contribution in [2.24, 2.45) is 5.10 Å². The summed E-state index contributed by atoms with van der Waals surface area (Å²) in [6, 6.07) is 11.1. The van der Waals surface area contributed by atoms with E-state index in [4.69, 9.17) is 27.9 Å². The zero-order chi connectivity index (χ0) is 17.8. The van der Waals surface area contributed by atoms with Crippen molar-refractivity contribution in [3.63, 3.8) is 0 Å². The van der Waals surface area contributed by atoms with Gasteiger partial charge in [0.05, 0.1) is 29.1 Å². The lowest BCUT2D eigenvalue weighted by atomic mass is 10.2. The Morgan fingerprint density at radius 2 is 2.04 bits per heavy atom. The van der Waals surface area contributed by atoms with Crippen molar-refractivity contribution in [2.75, 3.05) is 12.5 Å². The molecule has 0 aliphatic rings. The Hall–Kier alpha value is -1.60. The van der Waals surface area contributed by atoms with Crippen LogP contribution < -0.4 is 10.2 Å². The molecule has 128 valence electrons. The van der Waals surface area contributed by atoms with E-state index >= 15 is 0 Å². The zero-order valence-electron chi connectivity index (χ0n) is 13.0. The van der Waals surface area contributed by atoms with Crippen LogP contribution in [0.2, 0.25) is 10.0 Å². The first-order valence-electron chi connectivity index (χ1n) is 7.10. The highest BCUT2D eigenvalue weighted by molar-refractivity contribution is 9.10. The second-order valence-corrected chi connectivity index (χ2v) is 7.51. The zero-order valence-corrected chi connectivity index (χ0v) is 16.9. The average Bonchev–Trinajstić information content (AvgIpc) is 3.06. The SMILES string of the molecule is COc1ccc(Br)cc1/C=N\Nc1nc(-c2ccc(Cl)c(Cl)c2)cs1. The number of hydrogen-bond donors (Lipinski definition) is 1. The number of aromatic nitrogens is 1. The highest BCUT2D eigenvalue weighted by atomic mass is 79.9. The topological polar surface area (TPSA) is 46.5 Å². The minimum Gasteiger partial charge on any atom is -0.496 e. The Labute approximate surface area is 167 Å². The lowest BCUT2D eigenvalue weighted by Crippen LogP contribution is -1.94. The number of nitrogens with one attached hydrogen (secondary N) is 1. The monoisotopic (exact) mass is 455 g/mol. The number of hydrazone groups is 1. The van der Waals surface area contributed by atoms with E-state index in [-0.39, 0.29) is 0 Å². The van der Waals surface area contributed by atoms with Crippen LogP contribution in [-0.4, -0.2) is 18.3 Å². The van der Waals surface area contributed by atoms with Gasteiger partial charge in [-0.1, -0.05) is 45.2 Å². The van der Waals surface area contributed by atoms with Crippen molar-refractivity contribution < 1.29 is 4.74 Å². The molecule has 0 aliphatic heterocycles. The number of hydrogen-bond acceptors (Lipinski definition) is 5. The van der Waals surface area contributed by atoms with Gasteiger partial charge >= 0.3 is 0 Å². The number of halogens is 3. The van der Waals surface area contributed by atoms with Gasteiger partial charge < -0.3 is 4.74 Å². The fourth-order valence-electron chi connectivity index (χ4n) is 2.08. The number of methoxy groups -OCH3 is 1. The van der Waals surface area contributed by atoms with Crippen LogP contribution in [0.15, 0.2) is 51.4 Å². The van der Waals surface area contributed by atoms with Crippen molar-refractivity contribution in [1.29, 1.82) is 0 Å². The van der Waals surface area contributed by atoms with Crippen molar-refractivity contribution in [3.05, 3.63) is 61.9 Å². The molecule has 0 radical (unpaired) electrons. The number of ether oxygens (including phenoxy) is 1. The molecule has 4 nitrogen and oxygen atoms in total. The molecule has 3 rings (SSSR count). The van der Waals surface area contributed by atoms with E-state index in [0.717, 1.165) is 27.0 Å². The van der Waals surface area contributed by atoms with Gasteiger partial charge in [0.2, 0.25) is 5.13 Å². The van der Waals surface area contributed by atoms with E-state index in [1.807, 2.05) is 29.6 Å². The van der Waals surface area contributed by atoms with Gasteiger partial charge in [0.1, 0.15) is 5.75 Å². The van der Waals surface area contributed by atoms with E-state index in [9.17, 15) is 0 Å². The van der Waals surface area contributed by atoms with E-state index in [1.54, 1.807) is 25.5 Å². The highest BCUT2D eigenvalue weighted by Crippen LogP contribution is 2.30. The van der Waals surface area contributed by atoms with Crippen molar-refractivity contribution >= 4 is 61.8 Å². The third-order valence-electron chi connectivity index (χ3n) is 3.28. The molecule has 0 saturated carbocycles. The summed E-state index contributed by atoms with van der Waals surface area (Å²) in [5, 5.41) is 7.85. The number of benzene rings is 2. The van der Waals surface area contributed by atoms with Crippen LogP contribution in [-0.2, 0) is 0 Å². The first kappa shape index (κ1) is 18.2. The maximum atomic E-state index is 6.05. The van der Waals surface area contributed by atoms with Crippen LogP contribution in [0.5, 0.6) is 5.75 Å². The number of rotatable bonds is 5. The Morgan fingerprint density at radius 1 is 1.20 bits per heavy atom. The van der Waals surface area contributed by atoms with Crippen LogP contribution >= 0.6 is 50.5 Å². The van der Waals surface area contributed by atoms with E-state index in [2.05, 4.69) is 31.4 Å². The summed E-state index contributed by atoms with van der Waals surface area (Å²) in [5.41, 5.74) is 5.49. The van der Waals surface area contributed by atoms with Crippen molar-refractivity contribution in [1.82, 2.24) is 4.98 Å². The Balaban J connectivity index is 1.73. The van der Waals surface area contributed by atoms with Gasteiger partial charge in [0.15, 0.2) is 0 Å². The third kappa shape index (κ3) is 4.52. The Morgan fingerprint density at radius 3 is 2.80 bits per heavy atom. The first-order valence-corrected chi connectivity index (χ1v) is 9.53. The molecule has 25 heavy (non-hydrogen) atoms. The fraction of sp³-hybridized carbons (Fsp3) is 0.0588. The van der Waals surface area contributed by atoms with Gasteiger partial charge in [-0.15, -0.1) is 11.3 Å². The summed E-state index contributed by atoms with van der Waals surface area (Å²) in [5.74, 6) is 0.740. The smallest absolute Gasteiger partial charge is 0.203 e. The molecule has 3 aromatic rings. The molecule has 1 aromatic heterocycles. The second-order valence-electron chi connectivity index (χ2n) is 4.92. The number of thiazole rings is 1. The molecule has 2 aromatic carbocycles. The standard InChI is InChI=1S/C17H12BrCl2N3OS/c1-24-16-5-3-12(18)6-11(16)8-21-23-17-22-15(9-25-17)10-2-4-13(19)14(20)7-10/h2-9H,1H3,(H,22,23)/b21-8-. The molecule has 1 N–H and O–H groups in total. The number of nitrogens with zero attached hydrogens (tertiary/aromatic N) is 2. The van der Waals surface area contributed by atoms with Crippen LogP contribution in [0.3, 0.4) is 0 Å². The van der Waals surface area contributed by atoms with Crippen molar-refractivity contribution in [3.8, 4) is 17.0 Å². The quantitative estimate of drug-likeness (QED) is 0.360. The molecule has 0 atom stereocenters. The molecular weight excluding hydrogens is 445 g/mol. The van der Waals surface area contributed by atoms with Gasteiger partial charge in [-0.3, -0.25) is 5.43 Å². The van der Waals surface area contributed by atoms with Crippen LogP contribution in [0.1, 0.15) is 5.56 Å². The predicted octanol–water partition coefficient (Wildman–Crippen LogP) is 6.33. The van der Waals surface area contributed by atoms with Gasteiger partial charge in [-0.25, -0.2) is 4.98 Å². The normalized spacial score (nSPS) is 11.0. The third-order valence-corrected chi connectivity index (χ3v) is 5.25. The molecular formula is C17H12BrCl2N3OS. The minimum absolute atomic E-state index is 0.501. The number of anilines is 1. The van der Waals surface area contributed by atoms with E-state index in [1.165, 1.54) is 11.3 Å². The van der Waals surface area contributed by atoms with Gasteiger partial charge in [-0.2, -0.15) is 5.10 Å². The van der Waals surface area contributed by atoms with E-state index in [0.29, 0.717) is 15.2 Å². The average molecular weight is 457 g/mol. The molecule has 0 unspecified atom stereocenters. The van der Waals surface area contributed by atoms with Gasteiger partial charge in [0.25, 0.3) is 0 Å². The molecule has 0 fully saturated rings. The van der Waals surface area contributed by atoms with Crippen molar-refractivity contribution in [2.45, 2.75) is 0 Å². The summed E-state index contributed by atoms with van der Waals surface area (Å²) in [6.07, 6.45) is 1.68. The largest absolute Gasteiger partial charge is 0.496 e. The summed E-state index contributed by atoms with van der Waals surface area (Å²) >= 11 is 16.9. The summed E-state index contributed by atoms with van der Waals surface area (Å²) in [4.78, 5) is 4.49. The minimum atomic E-state index is 0.501. The predicted molar refractivity (Wildman–Crippen MR) is 109 cm³/mol. The molecule has 1 heterocycles. The van der Waals surface area contributed by atoms with E-state index < -0.39 is 0 Å². The first-order chi connectivity index (χ1) is 12.1. The second kappa shape index (κ2) is 8.19. The molecule has 0 saturated heterocycles. The van der Waals surface area contributed by atoms with Crippen LogP contribution in [0, 0.1) is 0 Å². The lowest BCUT2D eigenvalue weighted by Gasteiger charge is -2.04. The molecule has 0 aliphatic carbocycles. The van der Waals surface area contributed by atoms with Gasteiger partial charge in [-0.05, 0) is 30.3 Å². The highest BCUT2D eigenvalue weighted by Gasteiger charge is 2.07. The van der Waals surface area contributed by atoms with Crippen LogP contribution in [0.25, 0.3) is 11.3 Å². The lowest BCUT2D eigenvalue weighted by molar-refractivity contribution is 0.414. The van der Waals surface area contributed by atoms with Crippen LogP contribution in [0.4, 0.5) is 5.13 Å². The fourth-order valence-corrected chi connectivity index (χ4v) is 3.42. The Bertz CT molecular complexity index is 930. The summed E-state index contributed by atoms with van der Waals surface area (Å²) < 4.78 is 6.26. The summed E-state index contributed by atoms with van der Waals surface area (Å²) in [6.45, 7) is 0. The Kier molecular flexibility index (Phi) is 5.96. The molecule has 0 bridgehead atoms. The van der Waals surface area contributed by atoms with Gasteiger partial charge in [0, 0.05) is 21.0 Å². The maximum Gasteiger partial charge on any atom is 0.203 e. The summed E-state index contributed by atoms with van der Waals surface area (Å²) in [7, 11) is 1.62.